The van der Waals surface area contributed by atoms with Crippen molar-refractivity contribution in [3.05, 3.63) is 35.5 Å². The highest BCUT2D eigenvalue weighted by molar-refractivity contribution is 5.90. The Balaban J connectivity index is 1.46. The van der Waals surface area contributed by atoms with E-state index in [1.165, 1.54) is 64.3 Å². The van der Waals surface area contributed by atoms with E-state index in [0.717, 1.165) is 0 Å². The molecule has 0 radical (unpaired) electrons. The molecule has 2 fully saturated rings. The Kier molecular flexibility index (Phi) is 6.52. The molecular formula is C24H26F2N6O5. The van der Waals surface area contributed by atoms with Crippen LogP contribution >= 0.6 is 0 Å². The van der Waals surface area contributed by atoms with Crippen LogP contribution in [0, 0.1) is 11.3 Å². The van der Waals surface area contributed by atoms with Crippen molar-refractivity contribution in [3.63, 3.8) is 0 Å². The molecule has 2 N–H and O–H groups in total. The summed E-state index contributed by atoms with van der Waals surface area (Å²) in [6.07, 6.45) is 5.69. The molecule has 0 bridgehead atoms. The van der Waals surface area contributed by atoms with E-state index in [1.54, 1.807) is 4.68 Å². The van der Waals surface area contributed by atoms with E-state index in [1.807, 2.05) is 0 Å². The molecule has 1 spiro atoms. The minimum atomic E-state index is -3.09. The van der Waals surface area contributed by atoms with Gasteiger partial charge in [0.05, 0.1) is 32.5 Å². The maximum atomic E-state index is 13.1. The number of hydrogen-bond acceptors (Lipinski definition) is 9. The number of benzene rings is 1. The third-order valence-corrected chi connectivity index (χ3v) is 6.87. The van der Waals surface area contributed by atoms with Gasteiger partial charge in [0.1, 0.15) is 16.8 Å². The van der Waals surface area contributed by atoms with Crippen LogP contribution in [0.1, 0.15) is 41.6 Å². The van der Waals surface area contributed by atoms with Crippen LogP contribution in [0.2, 0.25) is 0 Å². The molecule has 0 unspecified atom stereocenters. The highest BCUT2D eigenvalue weighted by atomic mass is 19.3. The zero-order chi connectivity index (χ0) is 26.2. The first-order valence-corrected chi connectivity index (χ1v) is 11.8. The summed E-state index contributed by atoms with van der Waals surface area (Å²) < 4.78 is 41.8. The second-order valence-corrected chi connectivity index (χ2v) is 9.40. The smallest absolute Gasteiger partial charge is 0.413 e. The molecule has 2 aliphatic rings. The molecule has 196 valence electrons. The Morgan fingerprint density at radius 1 is 1.19 bits per heavy atom. The maximum Gasteiger partial charge on any atom is 0.413 e. The van der Waals surface area contributed by atoms with Crippen molar-refractivity contribution in [2.24, 2.45) is 11.3 Å². The van der Waals surface area contributed by atoms with E-state index >= 15 is 0 Å². The fraction of sp³-hybridized carbons (Fsp3) is 0.458. The highest BCUT2D eigenvalue weighted by Gasteiger charge is 2.52. The fourth-order valence-corrected chi connectivity index (χ4v) is 4.87. The van der Waals surface area contributed by atoms with Gasteiger partial charge < -0.3 is 19.5 Å². The number of rotatable bonds is 9. The van der Waals surface area contributed by atoms with Gasteiger partial charge in [0.25, 0.3) is 0 Å². The second kappa shape index (κ2) is 9.79. The molecular weight excluding hydrogens is 490 g/mol. The number of aromatic nitrogens is 4. The Labute approximate surface area is 210 Å². The number of hydrogen-bond donors (Lipinski definition) is 2. The van der Waals surface area contributed by atoms with Gasteiger partial charge in [0.2, 0.25) is 5.95 Å². The standard InChI is InChI=1S/C24H26F2N6O5/c1-35-20(33)14-3-4-15(17(7-14)37-21(25)26)12-32-18-16(11-28-32)29-22(31-23(34)36-2)30-19(18)27-10-13-8-24(9-13)5-6-24/h3-4,7,11,13,21H,5-6,8-10,12H2,1-2H3,(H2,27,29,30,31,34). The van der Waals surface area contributed by atoms with E-state index in [0.29, 0.717) is 40.3 Å². The molecule has 2 aliphatic carbocycles. The van der Waals surface area contributed by atoms with Gasteiger partial charge in [-0.3, -0.25) is 10.00 Å². The third-order valence-electron chi connectivity index (χ3n) is 6.87. The summed E-state index contributed by atoms with van der Waals surface area (Å²) in [4.78, 5) is 32.4. The lowest BCUT2D eigenvalue weighted by atomic mass is 9.72. The number of ether oxygens (including phenoxy) is 3. The molecule has 13 heteroatoms. The predicted octanol–water partition coefficient (Wildman–Crippen LogP) is 4.04. The first kappa shape index (κ1) is 24.7. The molecule has 2 heterocycles. The van der Waals surface area contributed by atoms with Crippen LogP contribution in [0.3, 0.4) is 0 Å². The second-order valence-electron chi connectivity index (χ2n) is 9.40. The summed E-state index contributed by atoms with van der Waals surface area (Å²) in [5, 5.41) is 10.2. The minimum Gasteiger partial charge on any atom is -0.465 e. The van der Waals surface area contributed by atoms with Gasteiger partial charge in [0, 0.05) is 12.1 Å². The van der Waals surface area contributed by atoms with Crippen molar-refractivity contribution in [1.82, 2.24) is 19.7 Å². The normalized spacial score (nSPS) is 15.9. The molecule has 3 aromatic rings. The van der Waals surface area contributed by atoms with Crippen LogP contribution in [0.5, 0.6) is 5.75 Å². The van der Waals surface area contributed by atoms with Crippen LogP contribution in [0.15, 0.2) is 24.4 Å². The Morgan fingerprint density at radius 2 is 1.97 bits per heavy atom. The molecule has 0 aliphatic heterocycles. The summed E-state index contributed by atoms with van der Waals surface area (Å²) in [5.41, 5.74) is 1.93. The van der Waals surface area contributed by atoms with Crippen molar-refractivity contribution in [3.8, 4) is 5.75 Å². The first-order valence-electron chi connectivity index (χ1n) is 11.8. The maximum absolute atomic E-state index is 13.1. The van der Waals surface area contributed by atoms with Crippen LogP contribution in [0.25, 0.3) is 11.0 Å². The lowest BCUT2D eigenvalue weighted by Crippen LogP contribution is -2.31. The van der Waals surface area contributed by atoms with E-state index < -0.39 is 18.7 Å². The zero-order valence-corrected chi connectivity index (χ0v) is 20.3. The summed E-state index contributed by atoms with van der Waals surface area (Å²) in [6.45, 7) is -2.38. The molecule has 0 saturated heterocycles. The fourth-order valence-electron chi connectivity index (χ4n) is 4.87. The van der Waals surface area contributed by atoms with Crippen LogP contribution < -0.4 is 15.4 Å². The average molecular weight is 517 g/mol. The van der Waals surface area contributed by atoms with E-state index in [4.69, 9.17) is 0 Å². The number of amides is 1. The number of fused-ring (bicyclic) bond motifs is 1. The number of nitrogens with zero attached hydrogens (tertiary/aromatic N) is 4. The largest absolute Gasteiger partial charge is 0.465 e. The van der Waals surface area contributed by atoms with Crippen molar-refractivity contribution < 1.29 is 32.6 Å². The first-order chi connectivity index (χ1) is 17.8. The van der Waals surface area contributed by atoms with Gasteiger partial charge in [-0.25, -0.2) is 14.6 Å². The Bertz CT molecular complexity index is 1330. The predicted molar refractivity (Wildman–Crippen MR) is 128 cm³/mol. The third kappa shape index (κ3) is 5.25. The number of alkyl halides is 2. The average Bonchev–Trinajstić information content (AvgIpc) is 3.56. The van der Waals surface area contributed by atoms with Gasteiger partial charge in [-0.2, -0.15) is 18.9 Å². The zero-order valence-electron chi connectivity index (χ0n) is 20.3. The Morgan fingerprint density at radius 3 is 2.65 bits per heavy atom. The monoisotopic (exact) mass is 516 g/mol. The minimum absolute atomic E-state index is 0.0291. The topological polar surface area (TPSA) is 129 Å². The quantitative estimate of drug-likeness (QED) is 0.405. The van der Waals surface area contributed by atoms with Gasteiger partial charge in [-0.05, 0) is 49.1 Å². The van der Waals surface area contributed by atoms with Crippen LogP contribution in [-0.4, -0.2) is 59.2 Å². The van der Waals surface area contributed by atoms with E-state index in [9.17, 15) is 18.4 Å². The molecule has 37 heavy (non-hydrogen) atoms. The molecule has 2 aromatic heterocycles. The highest BCUT2D eigenvalue weighted by Crippen LogP contribution is 2.63. The summed E-state index contributed by atoms with van der Waals surface area (Å²) >= 11 is 0. The van der Waals surface area contributed by atoms with Gasteiger partial charge in [0.15, 0.2) is 5.82 Å². The van der Waals surface area contributed by atoms with E-state index in [2.05, 4.69) is 39.9 Å². The number of halogens is 2. The summed E-state index contributed by atoms with van der Waals surface area (Å²) in [6, 6.07) is 4.17. The van der Waals surface area contributed by atoms with Crippen LogP contribution in [-0.2, 0) is 16.0 Å². The van der Waals surface area contributed by atoms with Gasteiger partial charge >= 0.3 is 18.7 Å². The number of nitrogens with one attached hydrogen (secondary N) is 2. The SMILES string of the molecule is COC(=O)Nc1nc(NCC2CC3(CC3)C2)c2c(cnn2Cc2ccc(C(=O)OC)cc2OC(F)F)n1. The molecule has 5 rings (SSSR count). The molecule has 11 nitrogen and oxygen atoms in total. The molecule has 1 aromatic carbocycles. The Hall–Kier alpha value is -4.03. The lowest BCUT2D eigenvalue weighted by Gasteiger charge is -2.36. The van der Waals surface area contributed by atoms with Crippen LogP contribution in [0.4, 0.5) is 25.3 Å². The number of methoxy groups -OCH3 is 2. The lowest BCUT2D eigenvalue weighted by molar-refractivity contribution is -0.0505. The van der Waals surface area contributed by atoms with Crippen molar-refractivity contribution in [2.75, 3.05) is 31.4 Å². The van der Waals surface area contributed by atoms with Gasteiger partial charge in [-0.15, -0.1) is 0 Å². The summed E-state index contributed by atoms with van der Waals surface area (Å²) in [7, 11) is 2.44. The number of carbonyl (C=O) groups excluding carboxylic acids is 2. The van der Waals surface area contributed by atoms with Gasteiger partial charge in [-0.1, -0.05) is 6.07 Å². The van der Waals surface area contributed by atoms with Crippen molar-refractivity contribution >= 4 is 34.9 Å². The molecule has 0 atom stereocenters. The number of anilines is 2. The summed E-state index contributed by atoms with van der Waals surface area (Å²) in [5.74, 6) is 0.138. The number of esters is 1. The molecule has 1 amide bonds. The number of carbonyl (C=O) groups is 2. The molecule has 2 saturated carbocycles. The van der Waals surface area contributed by atoms with Crippen molar-refractivity contribution in [1.29, 1.82) is 0 Å². The van der Waals surface area contributed by atoms with Crippen molar-refractivity contribution in [2.45, 2.75) is 38.8 Å². The van der Waals surface area contributed by atoms with E-state index in [-0.39, 0.29) is 23.8 Å².